The maximum absolute atomic E-state index is 12.0. The lowest BCUT2D eigenvalue weighted by Gasteiger charge is -2.04. The molecule has 98 valence electrons. The number of amides is 1. The van der Waals surface area contributed by atoms with Gasteiger partial charge >= 0.3 is 5.97 Å². The van der Waals surface area contributed by atoms with Crippen LogP contribution < -0.4 is 5.32 Å². The highest BCUT2D eigenvalue weighted by Gasteiger charge is 2.14. The molecule has 1 amide bonds. The van der Waals surface area contributed by atoms with Crippen molar-refractivity contribution in [2.75, 3.05) is 5.32 Å². The minimum absolute atomic E-state index is 0.0632. The Bertz CT molecular complexity index is 648. The lowest BCUT2D eigenvalue weighted by Crippen LogP contribution is -2.14. The second-order valence-corrected chi connectivity index (χ2v) is 3.96. The summed E-state index contributed by atoms with van der Waals surface area (Å²) < 4.78 is 1.58. The Kier molecular flexibility index (Phi) is 3.28. The SMILES string of the molecule is Cc1c(C(=O)Nc2cc(C(=O)O)ccn2)cnn1C. The molecule has 0 radical (unpaired) electrons. The maximum atomic E-state index is 12.0. The van der Waals surface area contributed by atoms with Gasteiger partial charge < -0.3 is 10.4 Å². The Hall–Kier alpha value is -2.70. The van der Waals surface area contributed by atoms with Gasteiger partial charge in [-0.05, 0) is 19.1 Å². The van der Waals surface area contributed by atoms with Crippen molar-refractivity contribution >= 4 is 17.7 Å². The van der Waals surface area contributed by atoms with E-state index >= 15 is 0 Å². The summed E-state index contributed by atoms with van der Waals surface area (Å²) in [6, 6.07) is 2.65. The molecular formula is C12H12N4O3. The summed E-state index contributed by atoms with van der Waals surface area (Å²) in [6.45, 7) is 1.77. The van der Waals surface area contributed by atoms with Gasteiger partial charge in [-0.3, -0.25) is 9.48 Å². The number of rotatable bonds is 3. The van der Waals surface area contributed by atoms with Crippen molar-refractivity contribution in [1.82, 2.24) is 14.8 Å². The van der Waals surface area contributed by atoms with Gasteiger partial charge in [-0.25, -0.2) is 9.78 Å². The fraction of sp³-hybridized carbons (Fsp3) is 0.167. The fourth-order valence-electron chi connectivity index (χ4n) is 1.54. The Labute approximate surface area is 108 Å². The first-order chi connectivity index (χ1) is 8.99. The van der Waals surface area contributed by atoms with Crippen LogP contribution in [0.25, 0.3) is 0 Å². The van der Waals surface area contributed by atoms with Crippen LogP contribution in [0.3, 0.4) is 0 Å². The van der Waals surface area contributed by atoms with E-state index in [1.807, 2.05) is 0 Å². The summed E-state index contributed by atoms with van der Waals surface area (Å²) in [5.41, 5.74) is 1.20. The van der Waals surface area contributed by atoms with Gasteiger partial charge in [-0.2, -0.15) is 5.10 Å². The summed E-state index contributed by atoms with van der Waals surface area (Å²) in [5.74, 6) is -1.26. The van der Waals surface area contributed by atoms with Crippen molar-refractivity contribution in [3.05, 3.63) is 41.3 Å². The average molecular weight is 260 g/mol. The Morgan fingerprint density at radius 2 is 2.16 bits per heavy atom. The number of anilines is 1. The summed E-state index contributed by atoms with van der Waals surface area (Å²) in [7, 11) is 1.73. The van der Waals surface area contributed by atoms with Crippen molar-refractivity contribution in [2.24, 2.45) is 7.05 Å². The van der Waals surface area contributed by atoms with Crippen molar-refractivity contribution in [2.45, 2.75) is 6.92 Å². The highest BCUT2D eigenvalue weighted by molar-refractivity contribution is 6.04. The molecule has 0 saturated carbocycles. The van der Waals surface area contributed by atoms with E-state index in [1.165, 1.54) is 24.5 Å². The number of carbonyl (C=O) groups excluding carboxylic acids is 1. The average Bonchev–Trinajstić information content (AvgIpc) is 2.70. The quantitative estimate of drug-likeness (QED) is 0.860. The van der Waals surface area contributed by atoms with Crippen LogP contribution in [0.2, 0.25) is 0 Å². The molecule has 0 aromatic carbocycles. The van der Waals surface area contributed by atoms with Crippen LogP contribution in [0.5, 0.6) is 0 Å². The highest BCUT2D eigenvalue weighted by atomic mass is 16.4. The van der Waals surface area contributed by atoms with Crippen molar-refractivity contribution in [3.8, 4) is 0 Å². The molecule has 2 N–H and O–H groups in total. The van der Waals surface area contributed by atoms with Crippen LogP contribution in [0.1, 0.15) is 26.4 Å². The zero-order valence-electron chi connectivity index (χ0n) is 10.4. The highest BCUT2D eigenvalue weighted by Crippen LogP contribution is 2.11. The van der Waals surface area contributed by atoms with Crippen LogP contribution >= 0.6 is 0 Å². The number of aromatic carboxylic acids is 1. The van der Waals surface area contributed by atoms with Crippen LogP contribution in [0.4, 0.5) is 5.82 Å². The van der Waals surface area contributed by atoms with E-state index in [1.54, 1.807) is 18.7 Å². The van der Waals surface area contributed by atoms with Gasteiger partial charge in [-0.1, -0.05) is 0 Å². The summed E-state index contributed by atoms with van der Waals surface area (Å²) in [5, 5.41) is 15.4. The predicted octanol–water partition coefficient (Wildman–Crippen LogP) is 1.07. The number of pyridine rings is 1. The minimum Gasteiger partial charge on any atom is -0.478 e. The van der Waals surface area contributed by atoms with Gasteiger partial charge in [0.05, 0.1) is 17.3 Å². The largest absolute Gasteiger partial charge is 0.478 e. The number of carbonyl (C=O) groups is 2. The van der Waals surface area contributed by atoms with Crippen molar-refractivity contribution < 1.29 is 14.7 Å². The topological polar surface area (TPSA) is 97.1 Å². The predicted molar refractivity (Wildman–Crippen MR) is 67.1 cm³/mol. The first kappa shape index (κ1) is 12.7. The monoisotopic (exact) mass is 260 g/mol. The standard InChI is InChI=1S/C12H12N4O3/c1-7-9(6-14-16(7)2)11(17)15-10-5-8(12(18)19)3-4-13-10/h3-6H,1-2H3,(H,18,19)(H,13,15,17). The molecular weight excluding hydrogens is 248 g/mol. The number of nitrogens with zero attached hydrogens (tertiary/aromatic N) is 3. The lowest BCUT2D eigenvalue weighted by atomic mass is 10.2. The molecule has 19 heavy (non-hydrogen) atoms. The van der Waals surface area contributed by atoms with Crippen LogP contribution in [0.15, 0.2) is 24.5 Å². The number of carboxylic acid groups (broad SMARTS) is 1. The van der Waals surface area contributed by atoms with Gasteiger partial charge in [0.25, 0.3) is 5.91 Å². The lowest BCUT2D eigenvalue weighted by molar-refractivity contribution is 0.0696. The first-order valence-corrected chi connectivity index (χ1v) is 5.48. The van der Waals surface area contributed by atoms with Crippen LogP contribution in [-0.2, 0) is 7.05 Å². The molecule has 0 aliphatic carbocycles. The molecule has 7 heteroatoms. The van der Waals surface area contributed by atoms with E-state index in [-0.39, 0.29) is 17.3 Å². The summed E-state index contributed by atoms with van der Waals surface area (Å²) >= 11 is 0. The Morgan fingerprint density at radius 1 is 1.42 bits per heavy atom. The van der Waals surface area contributed by atoms with Gasteiger partial charge in [-0.15, -0.1) is 0 Å². The van der Waals surface area contributed by atoms with E-state index in [2.05, 4.69) is 15.4 Å². The molecule has 0 spiro atoms. The van der Waals surface area contributed by atoms with E-state index in [4.69, 9.17) is 5.11 Å². The van der Waals surface area contributed by atoms with E-state index < -0.39 is 5.97 Å². The third kappa shape index (κ3) is 2.59. The molecule has 0 atom stereocenters. The van der Waals surface area contributed by atoms with Gasteiger partial charge in [0.2, 0.25) is 0 Å². The van der Waals surface area contributed by atoms with Gasteiger partial charge in [0, 0.05) is 18.9 Å². The second kappa shape index (κ2) is 4.89. The number of carboxylic acids is 1. The summed E-state index contributed by atoms with van der Waals surface area (Å²) in [6.07, 6.45) is 2.78. The summed E-state index contributed by atoms with van der Waals surface area (Å²) in [4.78, 5) is 26.7. The van der Waals surface area contributed by atoms with Gasteiger partial charge in [0.15, 0.2) is 0 Å². The minimum atomic E-state index is -1.07. The van der Waals surface area contributed by atoms with E-state index in [0.29, 0.717) is 11.3 Å². The third-order valence-corrected chi connectivity index (χ3v) is 2.73. The maximum Gasteiger partial charge on any atom is 0.335 e. The second-order valence-electron chi connectivity index (χ2n) is 3.96. The number of aromatic nitrogens is 3. The molecule has 0 aliphatic rings. The third-order valence-electron chi connectivity index (χ3n) is 2.73. The normalized spacial score (nSPS) is 10.2. The molecule has 0 bridgehead atoms. The van der Waals surface area contributed by atoms with Crippen molar-refractivity contribution in [1.29, 1.82) is 0 Å². The van der Waals surface area contributed by atoms with E-state index in [9.17, 15) is 9.59 Å². The van der Waals surface area contributed by atoms with Crippen LogP contribution in [0, 0.1) is 6.92 Å². The van der Waals surface area contributed by atoms with Crippen molar-refractivity contribution in [3.63, 3.8) is 0 Å². The number of aryl methyl sites for hydroxylation is 1. The molecule has 0 unspecified atom stereocenters. The molecule has 2 aromatic heterocycles. The zero-order chi connectivity index (χ0) is 14.0. The molecule has 2 rings (SSSR count). The molecule has 2 aromatic rings. The zero-order valence-corrected chi connectivity index (χ0v) is 10.4. The van der Waals surface area contributed by atoms with Gasteiger partial charge in [0.1, 0.15) is 5.82 Å². The van der Waals surface area contributed by atoms with Crippen LogP contribution in [-0.4, -0.2) is 31.7 Å². The molecule has 7 nitrogen and oxygen atoms in total. The molecule has 0 fully saturated rings. The first-order valence-electron chi connectivity index (χ1n) is 5.48. The molecule has 0 saturated heterocycles. The number of hydrogen-bond donors (Lipinski definition) is 2. The van der Waals surface area contributed by atoms with E-state index in [0.717, 1.165) is 0 Å². The number of nitrogens with one attached hydrogen (secondary N) is 1. The molecule has 2 heterocycles. The smallest absolute Gasteiger partial charge is 0.335 e. The fourth-order valence-corrected chi connectivity index (χ4v) is 1.54. The number of hydrogen-bond acceptors (Lipinski definition) is 4. The Balaban J connectivity index is 2.22. The molecule has 0 aliphatic heterocycles. The Morgan fingerprint density at radius 3 is 2.74 bits per heavy atom.